The van der Waals surface area contributed by atoms with Gasteiger partial charge in [-0.05, 0) is 37.5 Å². The van der Waals surface area contributed by atoms with Crippen molar-refractivity contribution in [3.05, 3.63) is 42.2 Å². The van der Waals surface area contributed by atoms with Crippen LogP contribution in [0.4, 0.5) is 10.5 Å². The Morgan fingerprint density at radius 3 is 2.76 bits per heavy atom. The predicted molar refractivity (Wildman–Crippen MR) is 97.8 cm³/mol. The van der Waals surface area contributed by atoms with E-state index < -0.39 is 0 Å². The van der Waals surface area contributed by atoms with Gasteiger partial charge in [0.25, 0.3) is 0 Å². The zero-order valence-corrected chi connectivity index (χ0v) is 14.9. The number of methoxy groups -OCH3 is 1. The smallest absolute Gasteiger partial charge is 0.322 e. The van der Waals surface area contributed by atoms with Crippen molar-refractivity contribution in [3.63, 3.8) is 0 Å². The summed E-state index contributed by atoms with van der Waals surface area (Å²) in [4.78, 5) is 14.8. The van der Waals surface area contributed by atoms with E-state index in [-0.39, 0.29) is 12.1 Å². The molecule has 1 saturated heterocycles. The van der Waals surface area contributed by atoms with E-state index in [1.165, 1.54) is 0 Å². The number of anilines is 1. The molecule has 1 N–H and O–H groups in total. The van der Waals surface area contributed by atoms with Crippen molar-refractivity contribution in [2.45, 2.75) is 45.2 Å². The summed E-state index contributed by atoms with van der Waals surface area (Å²) in [5.41, 5.74) is 1.90. The Hall–Kier alpha value is -2.50. The number of ether oxygens (including phenoxy) is 1. The van der Waals surface area contributed by atoms with E-state index in [0.717, 1.165) is 55.8 Å². The van der Waals surface area contributed by atoms with Crippen LogP contribution in [0, 0.1) is 0 Å². The van der Waals surface area contributed by atoms with Crippen LogP contribution in [-0.4, -0.2) is 34.4 Å². The minimum Gasteiger partial charge on any atom is -0.497 e. The number of benzene rings is 1. The van der Waals surface area contributed by atoms with Gasteiger partial charge in [0.15, 0.2) is 0 Å². The number of rotatable bonds is 4. The highest BCUT2D eigenvalue weighted by molar-refractivity contribution is 5.89. The van der Waals surface area contributed by atoms with Crippen molar-refractivity contribution in [2.75, 3.05) is 19.0 Å². The summed E-state index contributed by atoms with van der Waals surface area (Å²) < 4.78 is 7.05. The van der Waals surface area contributed by atoms with Gasteiger partial charge in [0.2, 0.25) is 0 Å². The Labute approximate surface area is 148 Å². The van der Waals surface area contributed by atoms with E-state index in [9.17, 15) is 4.79 Å². The van der Waals surface area contributed by atoms with Gasteiger partial charge in [-0.2, -0.15) is 5.10 Å². The molecule has 2 amide bonds. The second-order valence-electron chi connectivity index (χ2n) is 6.35. The number of hydrogen-bond donors (Lipinski definition) is 1. The van der Waals surface area contributed by atoms with Gasteiger partial charge in [-0.1, -0.05) is 25.0 Å². The molecule has 0 radical (unpaired) electrons. The van der Waals surface area contributed by atoms with E-state index in [1.54, 1.807) is 18.0 Å². The Morgan fingerprint density at radius 2 is 2.08 bits per heavy atom. The highest BCUT2D eigenvalue weighted by Gasteiger charge is 2.27. The van der Waals surface area contributed by atoms with Gasteiger partial charge in [0.1, 0.15) is 5.75 Å². The van der Waals surface area contributed by atoms with Gasteiger partial charge in [-0.3, -0.25) is 4.68 Å². The molecule has 1 aromatic heterocycles. The number of carbonyl (C=O) groups excluding carboxylic acids is 1. The maximum atomic E-state index is 12.9. The minimum absolute atomic E-state index is 0.0571. The first-order valence-electron chi connectivity index (χ1n) is 8.95. The molecular formula is C19H26N4O2. The molecule has 6 heteroatoms. The lowest BCUT2D eigenvalue weighted by molar-refractivity contribution is 0.189. The second-order valence-corrected chi connectivity index (χ2v) is 6.35. The third-order valence-electron chi connectivity index (χ3n) is 4.72. The molecule has 134 valence electrons. The van der Waals surface area contributed by atoms with Gasteiger partial charge in [0.05, 0.1) is 25.0 Å². The van der Waals surface area contributed by atoms with Crippen LogP contribution in [0.5, 0.6) is 5.75 Å². The number of aryl methyl sites for hydroxylation is 1. The summed E-state index contributed by atoms with van der Waals surface area (Å²) in [7, 11) is 1.66. The van der Waals surface area contributed by atoms with Crippen molar-refractivity contribution in [1.82, 2.24) is 14.7 Å². The van der Waals surface area contributed by atoms with Crippen LogP contribution in [0.25, 0.3) is 0 Å². The lowest BCUT2D eigenvalue weighted by Gasteiger charge is -2.30. The summed E-state index contributed by atoms with van der Waals surface area (Å²) in [6, 6.07) is 8.07. The number of likely N-dealkylation sites (tertiary alicyclic amines) is 1. The maximum absolute atomic E-state index is 12.9. The maximum Gasteiger partial charge on any atom is 0.322 e. The normalized spacial score (nSPS) is 17.8. The minimum atomic E-state index is -0.0571. The van der Waals surface area contributed by atoms with Gasteiger partial charge < -0.3 is 15.0 Å². The molecule has 1 aromatic carbocycles. The molecule has 2 aromatic rings. The number of aromatic nitrogens is 2. The van der Waals surface area contributed by atoms with Crippen LogP contribution in [0.15, 0.2) is 36.7 Å². The summed E-state index contributed by atoms with van der Waals surface area (Å²) in [6.07, 6.45) is 7.86. The Kier molecular flexibility index (Phi) is 5.58. The predicted octanol–water partition coefficient (Wildman–Crippen LogP) is 4.06. The van der Waals surface area contributed by atoms with E-state index in [4.69, 9.17) is 4.74 Å². The third-order valence-corrected chi connectivity index (χ3v) is 4.72. The second kappa shape index (κ2) is 8.05. The third kappa shape index (κ3) is 4.13. The molecule has 0 saturated carbocycles. The number of nitrogens with one attached hydrogen (secondary N) is 1. The molecule has 1 fully saturated rings. The average Bonchev–Trinajstić information content (AvgIpc) is 2.95. The van der Waals surface area contributed by atoms with Crippen molar-refractivity contribution in [2.24, 2.45) is 0 Å². The van der Waals surface area contributed by atoms with Crippen LogP contribution in [0.3, 0.4) is 0 Å². The number of nitrogens with zero attached hydrogens (tertiary/aromatic N) is 3. The van der Waals surface area contributed by atoms with Crippen LogP contribution >= 0.6 is 0 Å². The lowest BCUT2D eigenvalue weighted by Crippen LogP contribution is -2.38. The number of urea groups is 1. The van der Waals surface area contributed by atoms with Gasteiger partial charge in [0, 0.05) is 19.3 Å². The van der Waals surface area contributed by atoms with Crippen LogP contribution in [-0.2, 0) is 6.54 Å². The fourth-order valence-electron chi connectivity index (χ4n) is 3.32. The zero-order chi connectivity index (χ0) is 17.6. The highest BCUT2D eigenvalue weighted by atomic mass is 16.5. The van der Waals surface area contributed by atoms with Crippen LogP contribution < -0.4 is 10.1 Å². The van der Waals surface area contributed by atoms with Crippen molar-refractivity contribution in [3.8, 4) is 5.75 Å². The average molecular weight is 342 g/mol. The Morgan fingerprint density at radius 1 is 1.28 bits per heavy atom. The monoisotopic (exact) mass is 342 g/mol. The van der Waals surface area contributed by atoms with E-state index in [0.29, 0.717) is 0 Å². The largest absolute Gasteiger partial charge is 0.497 e. The van der Waals surface area contributed by atoms with Crippen LogP contribution in [0.1, 0.15) is 44.2 Å². The van der Waals surface area contributed by atoms with Crippen molar-refractivity contribution < 1.29 is 9.53 Å². The molecule has 3 rings (SSSR count). The Bertz CT molecular complexity index is 696. The highest BCUT2D eigenvalue weighted by Crippen LogP contribution is 2.31. The topological polar surface area (TPSA) is 59.4 Å². The molecule has 2 heterocycles. The van der Waals surface area contributed by atoms with Crippen molar-refractivity contribution >= 4 is 11.7 Å². The molecule has 0 spiro atoms. The van der Waals surface area contributed by atoms with E-state index in [2.05, 4.69) is 22.5 Å². The molecule has 0 aliphatic carbocycles. The molecule has 0 bridgehead atoms. The standard InChI is InChI=1S/C19H26N4O2/c1-3-22-14-16(13-20-22)21-19(24)23-12-6-4-5-7-18(23)15-8-10-17(25-2)11-9-15/h8-11,13-14,18H,3-7,12H2,1-2H3,(H,21,24)/t18-/m0/s1. The SMILES string of the molecule is CCn1cc(NC(=O)N2CCCCC[C@H]2c2ccc(OC)cc2)cn1. The molecule has 1 aliphatic rings. The molecular weight excluding hydrogens is 316 g/mol. The number of hydrogen-bond acceptors (Lipinski definition) is 3. The lowest BCUT2D eigenvalue weighted by atomic mass is 10.0. The zero-order valence-electron chi connectivity index (χ0n) is 14.9. The van der Waals surface area contributed by atoms with Gasteiger partial charge >= 0.3 is 6.03 Å². The van der Waals surface area contributed by atoms with Gasteiger partial charge in [-0.25, -0.2) is 4.79 Å². The van der Waals surface area contributed by atoms with Crippen LogP contribution in [0.2, 0.25) is 0 Å². The van der Waals surface area contributed by atoms with Gasteiger partial charge in [-0.15, -0.1) is 0 Å². The quantitative estimate of drug-likeness (QED) is 0.911. The first-order valence-corrected chi connectivity index (χ1v) is 8.95. The molecule has 6 nitrogen and oxygen atoms in total. The fraction of sp³-hybridized carbons (Fsp3) is 0.474. The van der Waals surface area contributed by atoms with Crippen molar-refractivity contribution in [1.29, 1.82) is 0 Å². The number of carbonyl (C=O) groups is 1. The Balaban J connectivity index is 1.77. The molecule has 1 aliphatic heterocycles. The summed E-state index contributed by atoms with van der Waals surface area (Å²) in [5.74, 6) is 0.834. The number of amides is 2. The molecule has 1 atom stereocenters. The summed E-state index contributed by atoms with van der Waals surface area (Å²) in [6.45, 7) is 3.58. The molecule has 0 unspecified atom stereocenters. The van der Waals surface area contributed by atoms with E-state index >= 15 is 0 Å². The summed E-state index contributed by atoms with van der Waals surface area (Å²) >= 11 is 0. The molecule has 25 heavy (non-hydrogen) atoms. The first kappa shape index (κ1) is 17.3. The summed E-state index contributed by atoms with van der Waals surface area (Å²) in [5, 5.41) is 7.21. The van der Waals surface area contributed by atoms with E-state index in [1.807, 2.05) is 30.2 Å². The first-order chi connectivity index (χ1) is 12.2. The fourth-order valence-corrected chi connectivity index (χ4v) is 3.32.